The van der Waals surface area contributed by atoms with Gasteiger partial charge < -0.3 is 37.7 Å². The van der Waals surface area contributed by atoms with Gasteiger partial charge in [0.15, 0.2) is 25.7 Å². The van der Waals surface area contributed by atoms with Crippen LogP contribution in [0, 0.1) is 11.3 Å². The summed E-state index contributed by atoms with van der Waals surface area (Å²) in [5.41, 5.74) is 2.43. The Balaban J connectivity index is 1.41. The molecule has 3 heterocycles. The van der Waals surface area contributed by atoms with Gasteiger partial charge in [-0.3, -0.25) is 14.3 Å². The third kappa shape index (κ3) is 11.5. The van der Waals surface area contributed by atoms with Crippen LogP contribution < -0.4 is 20.3 Å². The smallest absolute Gasteiger partial charge is 0.280 e. The summed E-state index contributed by atoms with van der Waals surface area (Å²) in [4.78, 5) is 26.3. The molecule has 0 radical (unpaired) electrons. The Kier molecular flexibility index (Phi) is 17.0. The van der Waals surface area contributed by atoms with E-state index in [0.29, 0.717) is 23.7 Å². The number of nitrogens with zero attached hydrogens (tertiary/aromatic N) is 5. The number of rotatable bonds is 22. The molecular formula is C53H68N7O8PSi. The van der Waals surface area contributed by atoms with Crippen LogP contribution in [-0.4, -0.2) is 90.3 Å². The van der Waals surface area contributed by atoms with E-state index in [1.54, 1.807) is 25.1 Å². The van der Waals surface area contributed by atoms with Crippen LogP contribution in [-0.2, 0) is 35.1 Å². The summed E-state index contributed by atoms with van der Waals surface area (Å²) >= 11 is 0. The van der Waals surface area contributed by atoms with Crippen LogP contribution in [0.2, 0.25) is 18.1 Å². The molecule has 5 atom stereocenters. The molecular weight excluding hydrogens is 922 g/mol. The Labute approximate surface area is 414 Å². The quantitative estimate of drug-likeness (QED) is 0.0286. The van der Waals surface area contributed by atoms with Gasteiger partial charge in [-0.25, -0.2) is 9.65 Å². The fraction of sp³-hybridized carbons (Fsp3) is 0.434. The number of methoxy groups -OCH3 is 2. The van der Waals surface area contributed by atoms with Crippen molar-refractivity contribution in [2.45, 2.75) is 122 Å². The summed E-state index contributed by atoms with van der Waals surface area (Å²) in [7, 11) is -1.21. The lowest BCUT2D eigenvalue weighted by Crippen LogP contribution is -2.50. The monoisotopic (exact) mass is 989 g/mol. The number of nitriles is 1. The minimum absolute atomic E-state index is 0.00646. The Bertz CT molecular complexity index is 2650. The van der Waals surface area contributed by atoms with Crippen molar-refractivity contribution in [2.75, 3.05) is 32.8 Å². The molecule has 0 spiro atoms. The van der Waals surface area contributed by atoms with Gasteiger partial charge in [0.05, 0.1) is 46.3 Å². The number of fused-ring (bicyclic) bond motifs is 1. The first-order valence-electron chi connectivity index (χ1n) is 23.8. The number of aromatic amines is 1. The summed E-state index contributed by atoms with van der Waals surface area (Å²) in [5.74, 6) is 1.68. The first-order valence-corrected chi connectivity index (χ1v) is 27.9. The van der Waals surface area contributed by atoms with Crippen molar-refractivity contribution in [3.05, 3.63) is 148 Å². The lowest BCUT2D eigenvalue weighted by atomic mass is 9.80. The first-order chi connectivity index (χ1) is 33.5. The zero-order valence-corrected chi connectivity index (χ0v) is 44.1. The number of hydrogen-bond acceptors (Lipinski definition) is 13. The van der Waals surface area contributed by atoms with Gasteiger partial charge in [0.1, 0.15) is 35.4 Å². The molecule has 15 nitrogen and oxygen atoms in total. The topological polar surface area (TPSA) is 167 Å². The normalized spacial score (nSPS) is 18.1. The zero-order chi connectivity index (χ0) is 50.2. The second-order valence-electron chi connectivity index (χ2n) is 19.4. The highest BCUT2D eigenvalue weighted by Crippen LogP contribution is 2.53. The van der Waals surface area contributed by atoms with Crippen molar-refractivity contribution in [3.8, 4) is 17.6 Å². The molecule has 372 valence electrons. The molecule has 0 bridgehead atoms. The lowest BCUT2D eigenvalue weighted by Gasteiger charge is -2.42. The van der Waals surface area contributed by atoms with Crippen molar-refractivity contribution < 1.29 is 32.4 Å². The fourth-order valence-electron chi connectivity index (χ4n) is 8.49. The largest absolute Gasteiger partial charge is 0.497 e. The molecule has 0 amide bonds. The van der Waals surface area contributed by atoms with E-state index in [2.05, 4.69) is 99.7 Å². The molecule has 0 saturated carbocycles. The molecule has 70 heavy (non-hydrogen) atoms. The number of imidazole rings is 1. The Morgan fingerprint density at radius 3 is 1.97 bits per heavy atom. The minimum atomic E-state index is -2.67. The first kappa shape index (κ1) is 52.4. The van der Waals surface area contributed by atoms with Crippen molar-refractivity contribution in [2.24, 2.45) is 0 Å². The van der Waals surface area contributed by atoms with E-state index in [1.807, 2.05) is 97.1 Å². The van der Waals surface area contributed by atoms with Crippen LogP contribution in [0.3, 0.4) is 0 Å². The summed E-state index contributed by atoms with van der Waals surface area (Å²) in [6, 6.07) is 38.0. The van der Waals surface area contributed by atoms with Crippen molar-refractivity contribution in [3.63, 3.8) is 0 Å². The van der Waals surface area contributed by atoms with Gasteiger partial charge >= 0.3 is 0 Å². The molecule has 6 aromatic rings. The molecule has 7 rings (SSSR count). The van der Waals surface area contributed by atoms with Gasteiger partial charge in [0, 0.05) is 18.6 Å². The third-order valence-corrected chi connectivity index (χ3v) is 19.6. The van der Waals surface area contributed by atoms with Crippen molar-refractivity contribution in [1.82, 2.24) is 24.2 Å². The predicted octanol–water partition coefficient (Wildman–Crippen LogP) is 10.7. The summed E-state index contributed by atoms with van der Waals surface area (Å²) in [6.45, 7) is 19.9. The summed E-state index contributed by atoms with van der Waals surface area (Å²) < 4.78 is 51.7. The fourth-order valence-corrected chi connectivity index (χ4v) is 11.5. The molecule has 1 fully saturated rings. The highest BCUT2D eigenvalue weighted by molar-refractivity contribution is 7.44. The van der Waals surface area contributed by atoms with E-state index in [4.69, 9.17) is 37.4 Å². The van der Waals surface area contributed by atoms with Gasteiger partial charge in [0.2, 0.25) is 5.95 Å². The van der Waals surface area contributed by atoms with Gasteiger partial charge in [0.25, 0.3) is 14.1 Å². The molecule has 4 aromatic carbocycles. The van der Waals surface area contributed by atoms with E-state index in [-0.39, 0.29) is 48.2 Å². The van der Waals surface area contributed by atoms with Gasteiger partial charge in [-0.2, -0.15) is 10.2 Å². The molecule has 2 N–H and O–H groups in total. The van der Waals surface area contributed by atoms with Crippen molar-refractivity contribution >= 4 is 34.0 Å². The molecule has 1 unspecified atom stereocenters. The maximum Gasteiger partial charge on any atom is 0.280 e. The van der Waals surface area contributed by atoms with E-state index < -0.39 is 52.5 Å². The van der Waals surface area contributed by atoms with Crippen LogP contribution in [0.25, 0.3) is 11.2 Å². The van der Waals surface area contributed by atoms with E-state index in [1.165, 1.54) is 0 Å². The lowest BCUT2D eigenvalue weighted by molar-refractivity contribution is -0.0926. The highest BCUT2D eigenvalue weighted by Gasteiger charge is 2.54. The molecule has 1 aliphatic heterocycles. The van der Waals surface area contributed by atoms with Gasteiger partial charge in [-0.05, 0) is 92.3 Å². The number of anilines is 1. The second-order valence-corrected chi connectivity index (χ2v) is 25.6. The third-order valence-electron chi connectivity index (χ3n) is 13.0. The Morgan fingerprint density at radius 1 is 0.857 bits per heavy atom. The van der Waals surface area contributed by atoms with Gasteiger partial charge in [-0.15, -0.1) is 0 Å². The Hall–Kier alpha value is -5.47. The summed E-state index contributed by atoms with van der Waals surface area (Å²) in [6.07, 6.45) is -1.59. The maximum atomic E-state index is 13.8. The number of benzene rings is 4. The zero-order valence-electron chi connectivity index (χ0n) is 42.2. The summed E-state index contributed by atoms with van der Waals surface area (Å²) in [5, 5.41) is 12.7. The molecule has 1 aliphatic rings. The Morgan fingerprint density at radius 2 is 1.43 bits per heavy atom. The average molecular weight is 990 g/mol. The molecule has 1 saturated heterocycles. The molecule has 0 aliphatic carbocycles. The standard InChI is InChI=1S/C53H68N7O8PSi/c1-36(2)60(37(3)4)69(65-32-18-31-54)67-46-44(34-64-53(39-21-16-13-17-22-39,40-23-27-42(62-8)28-24-40)41-25-29-43(63-9)30-26-41)66-50(47(46)68-70(10,11)52(5,6)7)59-35-56-45-48(59)57-51(58-49(45)61)55-33-38-19-14-12-15-20-38/h12-17,19-30,35-37,44,46-47,50H,18,32-34H2,1-11H3,(H2,55,57,58,61)/t44-,46-,47-,50-,69?/m1/s1. The van der Waals surface area contributed by atoms with Crippen LogP contribution in [0.4, 0.5) is 5.95 Å². The van der Waals surface area contributed by atoms with E-state index in [0.717, 1.165) is 22.3 Å². The number of hydrogen-bond donors (Lipinski definition) is 2. The number of aromatic nitrogens is 4. The molecule has 17 heteroatoms. The minimum Gasteiger partial charge on any atom is -0.497 e. The second kappa shape index (κ2) is 22.7. The maximum absolute atomic E-state index is 13.8. The number of H-pyrrole nitrogens is 1. The average Bonchev–Trinajstić information content (AvgIpc) is 3.92. The SMILES string of the molecule is COc1ccc(C(OC[C@H]2O[C@@H](n3cnc4c(=O)[nH]c(NCc5ccccc5)nc43)[C@H](O[Si](C)(C)C(C)(C)C)[C@@H]2OP(OCCC#N)N(C(C)C)C(C)C)(c2ccccc2)c2ccc(OC)cc2)cc1. The highest BCUT2D eigenvalue weighted by atomic mass is 31.2. The van der Waals surface area contributed by atoms with Crippen LogP contribution in [0.15, 0.2) is 120 Å². The molecule has 2 aromatic heterocycles. The van der Waals surface area contributed by atoms with E-state index in [9.17, 15) is 10.1 Å². The van der Waals surface area contributed by atoms with Gasteiger partial charge in [-0.1, -0.05) is 106 Å². The number of ether oxygens (including phenoxy) is 4. The predicted molar refractivity (Wildman–Crippen MR) is 276 cm³/mol. The van der Waals surface area contributed by atoms with Crippen LogP contribution in [0.5, 0.6) is 11.5 Å². The van der Waals surface area contributed by atoms with Crippen molar-refractivity contribution in [1.29, 1.82) is 5.26 Å². The van der Waals surface area contributed by atoms with Crippen LogP contribution in [0.1, 0.15) is 83.4 Å². The number of nitrogens with one attached hydrogen (secondary N) is 2. The van der Waals surface area contributed by atoms with Crippen LogP contribution >= 0.6 is 8.53 Å². The van der Waals surface area contributed by atoms with E-state index >= 15 is 0 Å².